The highest BCUT2D eigenvalue weighted by atomic mass is 32.2. The molecule has 0 aliphatic carbocycles. The Morgan fingerprint density at radius 1 is 1.06 bits per heavy atom. The number of pyridine rings is 1. The van der Waals surface area contributed by atoms with Crippen molar-refractivity contribution in [2.75, 3.05) is 16.4 Å². The van der Waals surface area contributed by atoms with Crippen LogP contribution in [0.2, 0.25) is 0 Å². The number of aryl methyl sites for hydroxylation is 1. The van der Waals surface area contributed by atoms with E-state index in [1.165, 1.54) is 11.8 Å². The van der Waals surface area contributed by atoms with Crippen LogP contribution in [0.4, 0.5) is 11.4 Å². The van der Waals surface area contributed by atoms with Crippen molar-refractivity contribution in [1.82, 2.24) is 24.3 Å². The molecule has 3 heterocycles. The zero-order valence-corrected chi connectivity index (χ0v) is 18.8. The Bertz CT molecular complexity index is 1260. The van der Waals surface area contributed by atoms with Gasteiger partial charge < -0.3 is 15.2 Å². The first-order valence-corrected chi connectivity index (χ1v) is 11.0. The van der Waals surface area contributed by atoms with Crippen LogP contribution >= 0.6 is 11.8 Å². The Hall–Kier alpha value is -3.66. The van der Waals surface area contributed by atoms with Crippen molar-refractivity contribution in [3.05, 3.63) is 60.7 Å². The number of benzene rings is 1. The molecule has 1 aromatic carbocycles. The first-order valence-electron chi connectivity index (χ1n) is 10.1. The minimum atomic E-state index is -0.259. The van der Waals surface area contributed by atoms with E-state index in [2.05, 4.69) is 25.7 Å². The van der Waals surface area contributed by atoms with E-state index >= 15 is 0 Å². The maximum atomic E-state index is 12.6. The number of rotatable bonds is 7. The predicted octanol–water partition coefficient (Wildman–Crippen LogP) is 3.73. The Balaban J connectivity index is 1.35. The molecule has 32 heavy (non-hydrogen) atoms. The summed E-state index contributed by atoms with van der Waals surface area (Å²) in [5.74, 6) is -0.155. The predicted molar refractivity (Wildman–Crippen MR) is 125 cm³/mol. The van der Waals surface area contributed by atoms with Gasteiger partial charge in [0.25, 0.3) is 5.91 Å². The van der Waals surface area contributed by atoms with E-state index in [4.69, 9.17) is 0 Å². The van der Waals surface area contributed by atoms with E-state index in [-0.39, 0.29) is 23.6 Å². The lowest BCUT2D eigenvalue weighted by atomic mass is 10.2. The first kappa shape index (κ1) is 21.6. The summed E-state index contributed by atoms with van der Waals surface area (Å²) in [4.78, 5) is 33.4. The van der Waals surface area contributed by atoms with Gasteiger partial charge in [0.1, 0.15) is 0 Å². The topological polar surface area (TPSA) is 107 Å². The normalized spacial score (nSPS) is 11.1. The Morgan fingerprint density at radius 3 is 2.53 bits per heavy atom. The van der Waals surface area contributed by atoms with Crippen LogP contribution in [-0.2, 0) is 11.8 Å². The molecule has 4 aromatic rings. The monoisotopic (exact) mass is 449 g/mol. The molecular weight excluding hydrogens is 426 g/mol. The van der Waals surface area contributed by atoms with Crippen molar-refractivity contribution < 1.29 is 9.59 Å². The minimum absolute atomic E-state index is 0.142. The molecular formula is C22H23N7O2S. The molecule has 2 N–H and O–H groups in total. The van der Waals surface area contributed by atoms with Crippen LogP contribution in [0.3, 0.4) is 0 Å². The number of imidazole rings is 1. The van der Waals surface area contributed by atoms with E-state index in [1.807, 2.05) is 42.4 Å². The minimum Gasteiger partial charge on any atom is -0.329 e. The fraction of sp³-hybridized carbons (Fsp3) is 0.227. The van der Waals surface area contributed by atoms with E-state index in [1.54, 1.807) is 42.9 Å². The summed E-state index contributed by atoms with van der Waals surface area (Å²) in [5.41, 5.74) is 2.47. The number of carbonyl (C=O) groups is 2. The third-order valence-electron chi connectivity index (χ3n) is 4.72. The molecule has 0 fully saturated rings. The lowest BCUT2D eigenvalue weighted by Gasteiger charge is -2.09. The highest BCUT2D eigenvalue weighted by Crippen LogP contribution is 2.20. The van der Waals surface area contributed by atoms with Gasteiger partial charge in [0.05, 0.1) is 23.8 Å². The van der Waals surface area contributed by atoms with Crippen molar-refractivity contribution >= 4 is 46.0 Å². The molecule has 0 atom stereocenters. The summed E-state index contributed by atoms with van der Waals surface area (Å²) in [6.07, 6.45) is 6.88. The molecule has 0 bridgehead atoms. The molecule has 0 aliphatic heterocycles. The Morgan fingerprint density at radius 2 is 1.84 bits per heavy atom. The van der Waals surface area contributed by atoms with Gasteiger partial charge in [-0.05, 0) is 44.2 Å². The van der Waals surface area contributed by atoms with Crippen molar-refractivity contribution in [2.24, 2.45) is 7.05 Å². The van der Waals surface area contributed by atoms with Crippen LogP contribution in [0.1, 0.15) is 30.2 Å². The maximum Gasteiger partial charge on any atom is 0.255 e. The molecule has 2 amide bonds. The Labute approximate surface area is 189 Å². The second-order valence-corrected chi connectivity index (χ2v) is 8.45. The number of nitrogens with one attached hydrogen (secondary N) is 2. The van der Waals surface area contributed by atoms with Gasteiger partial charge in [-0.1, -0.05) is 11.8 Å². The van der Waals surface area contributed by atoms with Gasteiger partial charge in [-0.3, -0.25) is 9.59 Å². The molecule has 0 saturated heterocycles. The quantitative estimate of drug-likeness (QED) is 0.417. The lowest BCUT2D eigenvalue weighted by Crippen LogP contribution is -2.15. The SMILES string of the molecule is CC(C)n1ncc2cc(NC(=O)c3ccc(NC(=O)CSc4nccn4C)cc3)cnc21. The summed E-state index contributed by atoms with van der Waals surface area (Å²) >= 11 is 1.36. The van der Waals surface area contributed by atoms with Crippen LogP contribution in [0.15, 0.2) is 60.3 Å². The summed E-state index contributed by atoms with van der Waals surface area (Å²) in [7, 11) is 1.88. The zero-order valence-electron chi connectivity index (χ0n) is 17.9. The van der Waals surface area contributed by atoms with Gasteiger partial charge in [-0.25, -0.2) is 14.6 Å². The fourth-order valence-electron chi connectivity index (χ4n) is 3.11. The second-order valence-electron chi connectivity index (χ2n) is 7.51. The molecule has 0 radical (unpaired) electrons. The lowest BCUT2D eigenvalue weighted by molar-refractivity contribution is -0.113. The number of fused-ring (bicyclic) bond motifs is 1. The summed E-state index contributed by atoms with van der Waals surface area (Å²) in [5, 5.41) is 11.6. The number of carbonyl (C=O) groups excluding carboxylic acids is 2. The number of hydrogen-bond acceptors (Lipinski definition) is 6. The molecule has 4 rings (SSSR count). The standard InChI is InChI=1S/C22H23N7O2S/c1-14(2)29-20-16(11-25-29)10-18(12-24-20)27-21(31)15-4-6-17(7-5-15)26-19(30)13-32-22-23-8-9-28(22)3/h4-12,14H,13H2,1-3H3,(H,26,30)(H,27,31). The highest BCUT2D eigenvalue weighted by molar-refractivity contribution is 7.99. The molecule has 0 saturated carbocycles. The number of nitrogens with zero attached hydrogens (tertiary/aromatic N) is 5. The van der Waals surface area contributed by atoms with E-state index in [0.29, 0.717) is 16.9 Å². The summed E-state index contributed by atoms with van der Waals surface area (Å²) < 4.78 is 3.69. The van der Waals surface area contributed by atoms with E-state index in [0.717, 1.165) is 16.2 Å². The van der Waals surface area contributed by atoms with Crippen LogP contribution in [0.5, 0.6) is 0 Å². The zero-order chi connectivity index (χ0) is 22.7. The van der Waals surface area contributed by atoms with Gasteiger partial charge in [0.15, 0.2) is 10.8 Å². The molecule has 164 valence electrons. The molecule has 3 aromatic heterocycles. The van der Waals surface area contributed by atoms with Crippen molar-refractivity contribution in [3.8, 4) is 0 Å². The average Bonchev–Trinajstić information content (AvgIpc) is 3.38. The van der Waals surface area contributed by atoms with Crippen molar-refractivity contribution in [3.63, 3.8) is 0 Å². The van der Waals surface area contributed by atoms with Gasteiger partial charge in [-0.2, -0.15) is 5.10 Å². The maximum absolute atomic E-state index is 12.6. The number of amides is 2. The van der Waals surface area contributed by atoms with Crippen LogP contribution in [0.25, 0.3) is 11.0 Å². The number of aromatic nitrogens is 5. The molecule has 10 heteroatoms. The summed E-state index contributed by atoms with van der Waals surface area (Å²) in [6, 6.07) is 8.78. The van der Waals surface area contributed by atoms with Gasteiger partial charge in [0, 0.05) is 42.1 Å². The Kier molecular flexibility index (Phi) is 6.22. The number of hydrogen-bond donors (Lipinski definition) is 2. The van der Waals surface area contributed by atoms with Gasteiger partial charge in [0.2, 0.25) is 5.91 Å². The first-order chi connectivity index (χ1) is 15.4. The van der Waals surface area contributed by atoms with E-state index < -0.39 is 0 Å². The smallest absolute Gasteiger partial charge is 0.255 e. The third kappa shape index (κ3) is 4.80. The van der Waals surface area contributed by atoms with Gasteiger partial charge >= 0.3 is 0 Å². The summed E-state index contributed by atoms with van der Waals surface area (Å²) in [6.45, 7) is 4.07. The molecule has 9 nitrogen and oxygen atoms in total. The molecule has 0 spiro atoms. The van der Waals surface area contributed by atoms with Crippen LogP contribution < -0.4 is 10.6 Å². The number of thioether (sulfide) groups is 1. The van der Waals surface area contributed by atoms with Crippen molar-refractivity contribution in [2.45, 2.75) is 25.0 Å². The molecule has 0 unspecified atom stereocenters. The van der Waals surface area contributed by atoms with Crippen LogP contribution in [-0.4, -0.2) is 41.9 Å². The van der Waals surface area contributed by atoms with Crippen LogP contribution in [0, 0.1) is 0 Å². The fourth-order valence-corrected chi connectivity index (χ4v) is 3.84. The number of anilines is 2. The highest BCUT2D eigenvalue weighted by Gasteiger charge is 2.11. The average molecular weight is 450 g/mol. The van der Waals surface area contributed by atoms with E-state index in [9.17, 15) is 9.59 Å². The molecule has 0 aliphatic rings. The second kappa shape index (κ2) is 9.23. The third-order valence-corrected chi connectivity index (χ3v) is 5.78. The van der Waals surface area contributed by atoms with Crippen molar-refractivity contribution in [1.29, 1.82) is 0 Å². The van der Waals surface area contributed by atoms with Gasteiger partial charge in [-0.15, -0.1) is 0 Å². The largest absolute Gasteiger partial charge is 0.329 e.